The summed E-state index contributed by atoms with van der Waals surface area (Å²) >= 11 is 0. The minimum absolute atomic E-state index is 0.0333. The first kappa shape index (κ1) is 21.7. The molecule has 0 saturated heterocycles. The van der Waals surface area contributed by atoms with Crippen molar-refractivity contribution in [1.82, 2.24) is 9.62 Å². The molecule has 0 radical (unpaired) electrons. The molecule has 1 aromatic rings. The molecule has 0 fully saturated rings. The Labute approximate surface area is 141 Å². The van der Waals surface area contributed by atoms with Gasteiger partial charge < -0.3 is 4.90 Å². The van der Waals surface area contributed by atoms with Gasteiger partial charge in [-0.3, -0.25) is 0 Å². The van der Waals surface area contributed by atoms with Gasteiger partial charge in [0.2, 0.25) is 10.0 Å². The second-order valence-electron chi connectivity index (χ2n) is 5.72. The molecule has 0 aliphatic carbocycles. The molecule has 0 heterocycles. The van der Waals surface area contributed by atoms with E-state index in [1.54, 1.807) is 19.0 Å². The molecule has 1 rings (SSSR count). The molecule has 25 heavy (non-hydrogen) atoms. The molecule has 1 aromatic carbocycles. The number of benzene rings is 1. The van der Waals surface area contributed by atoms with Gasteiger partial charge in [0, 0.05) is 6.54 Å². The smallest absolute Gasteiger partial charge is 0.309 e. The summed E-state index contributed by atoms with van der Waals surface area (Å²) in [5, 5.41) is 0. The number of sulfonamides is 1. The number of nitrogens with one attached hydrogen (secondary N) is 1. The van der Waals surface area contributed by atoms with Crippen LogP contribution in [0.2, 0.25) is 0 Å². The van der Waals surface area contributed by atoms with Crippen molar-refractivity contribution >= 4 is 10.0 Å². The molecule has 0 spiro atoms. The summed E-state index contributed by atoms with van der Waals surface area (Å²) in [6.07, 6.45) is -9.58. The van der Waals surface area contributed by atoms with Gasteiger partial charge >= 0.3 is 12.4 Å². The van der Waals surface area contributed by atoms with Crippen LogP contribution >= 0.6 is 0 Å². The van der Waals surface area contributed by atoms with Gasteiger partial charge in [-0.2, -0.15) is 26.3 Å². The van der Waals surface area contributed by atoms with Crippen molar-refractivity contribution < 1.29 is 34.8 Å². The number of hydrogen-bond acceptors (Lipinski definition) is 3. The highest BCUT2D eigenvalue weighted by molar-refractivity contribution is 7.88. The van der Waals surface area contributed by atoms with Crippen LogP contribution in [0.3, 0.4) is 0 Å². The van der Waals surface area contributed by atoms with E-state index in [2.05, 4.69) is 4.72 Å². The topological polar surface area (TPSA) is 49.4 Å². The van der Waals surface area contributed by atoms with Gasteiger partial charge in [-0.05, 0) is 50.8 Å². The molecule has 0 aliphatic heterocycles. The minimum Gasteiger partial charge on any atom is -0.309 e. The van der Waals surface area contributed by atoms with Gasteiger partial charge in [-0.25, -0.2) is 13.1 Å². The summed E-state index contributed by atoms with van der Waals surface area (Å²) in [4.78, 5) is 1.80. The van der Waals surface area contributed by atoms with Crippen LogP contribution in [0, 0.1) is 0 Å². The van der Waals surface area contributed by atoms with Crippen LogP contribution in [-0.2, 0) is 28.1 Å². The normalized spacial score (nSPS) is 13.5. The molecule has 0 bridgehead atoms. The third kappa shape index (κ3) is 7.61. The maximum absolute atomic E-state index is 12.8. The van der Waals surface area contributed by atoms with Gasteiger partial charge in [0.15, 0.2) is 0 Å². The van der Waals surface area contributed by atoms with Crippen molar-refractivity contribution in [2.45, 2.75) is 24.5 Å². The molecule has 0 aromatic heterocycles. The Morgan fingerprint density at radius 2 is 1.44 bits per heavy atom. The predicted octanol–water partition coefficient (Wildman–Crippen LogP) is 3.10. The Kier molecular flexibility index (Phi) is 6.88. The molecule has 0 aliphatic rings. The molecule has 1 N–H and O–H groups in total. The van der Waals surface area contributed by atoms with Crippen molar-refractivity contribution in [2.75, 3.05) is 27.2 Å². The monoisotopic (exact) mass is 392 g/mol. The lowest BCUT2D eigenvalue weighted by Crippen LogP contribution is -2.28. The van der Waals surface area contributed by atoms with E-state index in [1.807, 2.05) is 0 Å². The molecule has 144 valence electrons. The summed E-state index contributed by atoms with van der Waals surface area (Å²) in [6.45, 7) is 0.607. The second kappa shape index (κ2) is 7.92. The first-order chi connectivity index (χ1) is 11.2. The van der Waals surface area contributed by atoms with Gasteiger partial charge in [0.05, 0.1) is 16.9 Å². The Hall–Kier alpha value is -1.33. The van der Waals surface area contributed by atoms with Crippen LogP contribution in [0.25, 0.3) is 0 Å². The van der Waals surface area contributed by atoms with Crippen LogP contribution in [0.1, 0.15) is 23.1 Å². The summed E-state index contributed by atoms with van der Waals surface area (Å²) < 4.78 is 102. The quantitative estimate of drug-likeness (QED) is 0.573. The van der Waals surface area contributed by atoms with E-state index < -0.39 is 44.8 Å². The fraction of sp³-hybridized carbons (Fsp3) is 0.571. The highest BCUT2D eigenvalue weighted by atomic mass is 32.2. The van der Waals surface area contributed by atoms with Crippen molar-refractivity contribution in [3.63, 3.8) is 0 Å². The molecule has 0 atom stereocenters. The van der Waals surface area contributed by atoms with Crippen molar-refractivity contribution in [3.8, 4) is 0 Å². The third-order valence-corrected chi connectivity index (χ3v) is 4.47. The lowest BCUT2D eigenvalue weighted by Gasteiger charge is -2.15. The fourth-order valence-electron chi connectivity index (χ4n) is 2.00. The van der Waals surface area contributed by atoms with E-state index in [-0.39, 0.29) is 12.6 Å². The number of alkyl halides is 6. The molecule has 0 saturated carbocycles. The maximum Gasteiger partial charge on any atom is 0.416 e. The SMILES string of the molecule is CN(C)CCCNS(=O)(=O)Cc1cc(C(F)(F)F)cc(C(F)(F)F)c1. The average molecular weight is 392 g/mol. The maximum atomic E-state index is 12.8. The summed E-state index contributed by atoms with van der Waals surface area (Å²) in [7, 11) is -0.513. The largest absolute Gasteiger partial charge is 0.416 e. The van der Waals surface area contributed by atoms with Gasteiger partial charge in [-0.1, -0.05) is 0 Å². The van der Waals surface area contributed by atoms with Gasteiger partial charge in [-0.15, -0.1) is 0 Å². The van der Waals surface area contributed by atoms with Crippen molar-refractivity contribution in [2.24, 2.45) is 0 Å². The fourth-order valence-corrected chi connectivity index (χ4v) is 3.16. The number of hydrogen-bond donors (Lipinski definition) is 1. The zero-order valence-electron chi connectivity index (χ0n) is 13.5. The van der Waals surface area contributed by atoms with Crippen molar-refractivity contribution in [3.05, 3.63) is 34.9 Å². The standard InChI is InChI=1S/C14H18F6N2O2S/c1-22(2)5-3-4-21-25(23,24)9-10-6-11(13(15,16)17)8-12(7-10)14(18,19)20/h6-8,21H,3-5,9H2,1-2H3. The van der Waals surface area contributed by atoms with E-state index in [1.165, 1.54) is 0 Å². The zero-order chi connectivity index (χ0) is 19.5. The molecule has 0 unspecified atom stereocenters. The van der Waals surface area contributed by atoms with Crippen molar-refractivity contribution in [1.29, 1.82) is 0 Å². The number of halogens is 6. The molecular weight excluding hydrogens is 374 g/mol. The number of nitrogens with zero attached hydrogens (tertiary/aromatic N) is 1. The van der Waals surface area contributed by atoms with Crippen LogP contribution < -0.4 is 4.72 Å². The lowest BCUT2D eigenvalue weighted by molar-refractivity contribution is -0.143. The third-order valence-electron chi connectivity index (χ3n) is 3.11. The molecular formula is C14H18F6N2O2S. The van der Waals surface area contributed by atoms with Crippen LogP contribution in [0.5, 0.6) is 0 Å². The summed E-state index contributed by atoms with van der Waals surface area (Å²) in [6, 6.07) is 0.781. The highest BCUT2D eigenvalue weighted by Gasteiger charge is 2.37. The highest BCUT2D eigenvalue weighted by Crippen LogP contribution is 2.36. The Morgan fingerprint density at radius 1 is 0.960 bits per heavy atom. The van der Waals surface area contributed by atoms with E-state index >= 15 is 0 Å². The Bertz CT molecular complexity index is 651. The second-order valence-corrected chi connectivity index (χ2v) is 7.53. The van der Waals surface area contributed by atoms with Crippen LogP contribution in [0.15, 0.2) is 18.2 Å². The minimum atomic E-state index is -5.01. The lowest BCUT2D eigenvalue weighted by atomic mass is 10.1. The average Bonchev–Trinajstić information content (AvgIpc) is 2.40. The van der Waals surface area contributed by atoms with Crippen LogP contribution in [0.4, 0.5) is 26.3 Å². The molecule has 0 amide bonds. The van der Waals surface area contributed by atoms with Gasteiger partial charge in [0.1, 0.15) is 0 Å². The molecule has 11 heteroatoms. The van der Waals surface area contributed by atoms with E-state index in [4.69, 9.17) is 0 Å². The van der Waals surface area contributed by atoms with E-state index in [0.29, 0.717) is 25.1 Å². The first-order valence-corrected chi connectivity index (χ1v) is 8.76. The predicted molar refractivity (Wildman–Crippen MR) is 80.2 cm³/mol. The van der Waals surface area contributed by atoms with E-state index in [9.17, 15) is 34.8 Å². The Balaban J connectivity index is 3.00. The Morgan fingerprint density at radius 3 is 1.84 bits per heavy atom. The number of rotatable bonds is 7. The summed E-state index contributed by atoms with van der Waals surface area (Å²) in [5.41, 5.74) is -3.66. The zero-order valence-corrected chi connectivity index (χ0v) is 14.3. The molecule has 4 nitrogen and oxygen atoms in total. The van der Waals surface area contributed by atoms with Gasteiger partial charge in [0.25, 0.3) is 0 Å². The van der Waals surface area contributed by atoms with Crippen LogP contribution in [-0.4, -0.2) is 40.5 Å². The summed E-state index contributed by atoms with van der Waals surface area (Å²) in [5.74, 6) is -0.970. The first-order valence-electron chi connectivity index (χ1n) is 7.11. The van der Waals surface area contributed by atoms with E-state index in [0.717, 1.165) is 0 Å².